The molecule has 4 nitrogen and oxygen atoms in total. The van der Waals surface area contributed by atoms with Gasteiger partial charge in [-0.15, -0.1) is 0 Å². The maximum absolute atomic E-state index is 10.6. The lowest BCUT2D eigenvalue weighted by Gasteiger charge is -2.37. The number of nitrogens with zero attached hydrogens (tertiary/aromatic N) is 1. The molecule has 0 bridgehead atoms. The Labute approximate surface area is 101 Å². The Morgan fingerprint density at radius 2 is 2.18 bits per heavy atom. The van der Waals surface area contributed by atoms with E-state index < -0.39 is 6.09 Å². The first-order valence-corrected chi connectivity index (χ1v) is 5.92. The maximum Gasteiger partial charge on any atom is 0.407 e. The molecule has 1 aliphatic rings. The standard InChI is InChI=1S/C13H18N2O2/c1-10-4-2-3-5-11(10)6-7-14-12-8-15(9-12)13(16)17/h2-5,12,14H,6-9H2,1H3,(H,16,17). The van der Waals surface area contributed by atoms with Gasteiger partial charge in [0.2, 0.25) is 0 Å². The van der Waals surface area contributed by atoms with Crippen molar-refractivity contribution in [1.82, 2.24) is 10.2 Å². The lowest BCUT2D eigenvalue weighted by molar-refractivity contribution is 0.0962. The third-order valence-corrected chi connectivity index (χ3v) is 3.24. The van der Waals surface area contributed by atoms with E-state index in [0.717, 1.165) is 13.0 Å². The van der Waals surface area contributed by atoms with E-state index in [4.69, 9.17) is 5.11 Å². The van der Waals surface area contributed by atoms with Crippen LogP contribution >= 0.6 is 0 Å². The van der Waals surface area contributed by atoms with Gasteiger partial charge >= 0.3 is 6.09 Å². The van der Waals surface area contributed by atoms with Crippen LogP contribution in [-0.2, 0) is 6.42 Å². The molecule has 0 aromatic heterocycles. The quantitative estimate of drug-likeness (QED) is 0.830. The molecule has 1 aromatic rings. The molecule has 0 spiro atoms. The highest BCUT2D eigenvalue weighted by atomic mass is 16.4. The number of hydrogen-bond acceptors (Lipinski definition) is 2. The van der Waals surface area contributed by atoms with Gasteiger partial charge in [-0.2, -0.15) is 0 Å². The predicted octanol–water partition coefficient (Wildman–Crippen LogP) is 1.49. The molecular formula is C13H18N2O2. The van der Waals surface area contributed by atoms with Gasteiger partial charge in [0.25, 0.3) is 0 Å². The summed E-state index contributed by atoms with van der Waals surface area (Å²) >= 11 is 0. The van der Waals surface area contributed by atoms with E-state index in [2.05, 4.69) is 30.4 Å². The summed E-state index contributed by atoms with van der Waals surface area (Å²) in [6.07, 6.45) is 0.179. The summed E-state index contributed by atoms with van der Waals surface area (Å²) < 4.78 is 0. The van der Waals surface area contributed by atoms with Gasteiger partial charge in [-0.05, 0) is 31.0 Å². The van der Waals surface area contributed by atoms with E-state index >= 15 is 0 Å². The zero-order valence-corrected chi connectivity index (χ0v) is 10.0. The Hall–Kier alpha value is -1.55. The molecular weight excluding hydrogens is 216 g/mol. The molecule has 2 N–H and O–H groups in total. The van der Waals surface area contributed by atoms with E-state index in [1.807, 2.05) is 6.07 Å². The van der Waals surface area contributed by atoms with Crippen LogP contribution in [0.15, 0.2) is 24.3 Å². The molecule has 1 fully saturated rings. The Morgan fingerprint density at radius 1 is 1.47 bits per heavy atom. The van der Waals surface area contributed by atoms with Crippen molar-refractivity contribution in [3.05, 3.63) is 35.4 Å². The molecule has 1 amide bonds. The summed E-state index contributed by atoms with van der Waals surface area (Å²) in [5, 5.41) is 12.1. The fourth-order valence-corrected chi connectivity index (χ4v) is 2.07. The number of hydrogen-bond donors (Lipinski definition) is 2. The number of nitrogens with one attached hydrogen (secondary N) is 1. The van der Waals surface area contributed by atoms with Crippen LogP contribution in [0.3, 0.4) is 0 Å². The molecule has 0 atom stereocenters. The molecule has 0 unspecified atom stereocenters. The van der Waals surface area contributed by atoms with Gasteiger partial charge in [-0.1, -0.05) is 24.3 Å². The van der Waals surface area contributed by atoms with Crippen molar-refractivity contribution in [3.63, 3.8) is 0 Å². The Kier molecular flexibility index (Phi) is 3.64. The van der Waals surface area contributed by atoms with Crippen LogP contribution in [0.1, 0.15) is 11.1 Å². The highest BCUT2D eigenvalue weighted by Gasteiger charge is 2.29. The topological polar surface area (TPSA) is 52.6 Å². The summed E-state index contributed by atoms with van der Waals surface area (Å²) in [6, 6.07) is 8.68. The van der Waals surface area contributed by atoms with Crippen LogP contribution < -0.4 is 5.32 Å². The van der Waals surface area contributed by atoms with Gasteiger partial charge in [0, 0.05) is 19.1 Å². The molecule has 4 heteroatoms. The fourth-order valence-electron chi connectivity index (χ4n) is 2.07. The second-order valence-corrected chi connectivity index (χ2v) is 4.52. The van der Waals surface area contributed by atoms with E-state index in [1.165, 1.54) is 16.0 Å². The number of carbonyl (C=O) groups is 1. The minimum Gasteiger partial charge on any atom is -0.465 e. The average molecular weight is 234 g/mol. The molecule has 1 aliphatic heterocycles. The van der Waals surface area contributed by atoms with Crippen LogP contribution in [0, 0.1) is 6.92 Å². The van der Waals surface area contributed by atoms with Gasteiger partial charge in [-0.25, -0.2) is 4.79 Å². The minimum atomic E-state index is -0.818. The van der Waals surface area contributed by atoms with Crippen LogP contribution in [0.4, 0.5) is 4.79 Å². The number of rotatable bonds is 4. The molecule has 17 heavy (non-hydrogen) atoms. The summed E-state index contributed by atoms with van der Waals surface area (Å²) in [5.74, 6) is 0. The molecule has 1 aromatic carbocycles. The van der Waals surface area contributed by atoms with Crippen molar-refractivity contribution in [2.45, 2.75) is 19.4 Å². The van der Waals surface area contributed by atoms with E-state index in [9.17, 15) is 4.79 Å². The smallest absolute Gasteiger partial charge is 0.407 e. The molecule has 0 saturated carbocycles. The lowest BCUT2D eigenvalue weighted by Crippen LogP contribution is -2.59. The van der Waals surface area contributed by atoms with Gasteiger partial charge in [0.1, 0.15) is 0 Å². The Morgan fingerprint density at radius 3 is 2.82 bits per heavy atom. The summed E-state index contributed by atoms with van der Waals surface area (Å²) in [6.45, 7) is 4.25. The average Bonchev–Trinajstić information content (AvgIpc) is 2.23. The number of likely N-dealkylation sites (tertiary alicyclic amines) is 1. The molecule has 1 heterocycles. The van der Waals surface area contributed by atoms with Gasteiger partial charge in [-0.3, -0.25) is 0 Å². The zero-order valence-electron chi connectivity index (χ0n) is 10.0. The van der Waals surface area contributed by atoms with Gasteiger partial charge in [0.05, 0.1) is 0 Å². The number of amides is 1. The Balaban J connectivity index is 1.68. The normalized spacial score (nSPS) is 15.7. The summed E-state index contributed by atoms with van der Waals surface area (Å²) in [5.41, 5.74) is 2.67. The zero-order chi connectivity index (χ0) is 12.3. The summed E-state index contributed by atoms with van der Waals surface area (Å²) in [7, 11) is 0. The maximum atomic E-state index is 10.6. The van der Waals surface area contributed by atoms with Crippen molar-refractivity contribution in [2.24, 2.45) is 0 Å². The van der Waals surface area contributed by atoms with Crippen molar-refractivity contribution in [3.8, 4) is 0 Å². The second kappa shape index (κ2) is 5.19. The monoisotopic (exact) mass is 234 g/mol. The molecule has 0 radical (unpaired) electrons. The number of benzene rings is 1. The first-order chi connectivity index (χ1) is 8.16. The van der Waals surface area contributed by atoms with Crippen molar-refractivity contribution in [2.75, 3.05) is 19.6 Å². The van der Waals surface area contributed by atoms with E-state index in [0.29, 0.717) is 19.1 Å². The van der Waals surface area contributed by atoms with Crippen LogP contribution in [0.25, 0.3) is 0 Å². The fraction of sp³-hybridized carbons (Fsp3) is 0.462. The minimum absolute atomic E-state index is 0.329. The lowest BCUT2D eigenvalue weighted by atomic mass is 10.1. The SMILES string of the molecule is Cc1ccccc1CCNC1CN(C(=O)O)C1. The predicted molar refractivity (Wildman–Crippen MR) is 66.3 cm³/mol. The van der Waals surface area contributed by atoms with E-state index in [-0.39, 0.29) is 0 Å². The highest BCUT2D eigenvalue weighted by molar-refractivity contribution is 5.66. The molecule has 1 saturated heterocycles. The first-order valence-electron chi connectivity index (χ1n) is 5.92. The van der Waals surface area contributed by atoms with Crippen LogP contribution in [0.2, 0.25) is 0 Å². The van der Waals surface area contributed by atoms with Crippen molar-refractivity contribution in [1.29, 1.82) is 0 Å². The number of aryl methyl sites for hydroxylation is 1. The summed E-state index contributed by atoms with van der Waals surface area (Å²) in [4.78, 5) is 12.0. The van der Waals surface area contributed by atoms with Crippen LogP contribution in [0.5, 0.6) is 0 Å². The van der Waals surface area contributed by atoms with Crippen molar-refractivity contribution >= 4 is 6.09 Å². The largest absolute Gasteiger partial charge is 0.465 e. The third kappa shape index (κ3) is 2.97. The first kappa shape index (κ1) is 11.9. The highest BCUT2D eigenvalue weighted by Crippen LogP contribution is 2.09. The van der Waals surface area contributed by atoms with Gasteiger partial charge < -0.3 is 15.3 Å². The van der Waals surface area contributed by atoms with Gasteiger partial charge in [0.15, 0.2) is 0 Å². The molecule has 2 rings (SSSR count). The Bertz CT molecular complexity index is 400. The van der Waals surface area contributed by atoms with Crippen LogP contribution in [-0.4, -0.2) is 41.8 Å². The molecule has 0 aliphatic carbocycles. The van der Waals surface area contributed by atoms with E-state index in [1.54, 1.807) is 0 Å². The third-order valence-electron chi connectivity index (χ3n) is 3.24. The number of carboxylic acid groups (broad SMARTS) is 1. The second-order valence-electron chi connectivity index (χ2n) is 4.52. The molecule has 92 valence electrons. The van der Waals surface area contributed by atoms with Crippen molar-refractivity contribution < 1.29 is 9.90 Å².